The average molecular weight is 240 g/mol. The van der Waals surface area contributed by atoms with Crippen LogP contribution in [0.2, 0.25) is 0 Å². The second kappa shape index (κ2) is 8.76. The van der Waals surface area contributed by atoms with Crippen LogP contribution in [0.1, 0.15) is 5.56 Å². The van der Waals surface area contributed by atoms with E-state index < -0.39 is 0 Å². The van der Waals surface area contributed by atoms with Gasteiger partial charge in [0.15, 0.2) is 0 Å². The highest BCUT2D eigenvalue weighted by molar-refractivity contribution is 5.86. The molecule has 0 aromatic heterocycles. The van der Waals surface area contributed by atoms with Crippen LogP contribution in [-0.4, -0.2) is 13.1 Å². The van der Waals surface area contributed by atoms with Crippen molar-refractivity contribution in [2.75, 3.05) is 7.11 Å². The third-order valence-electron chi connectivity index (χ3n) is 2.08. The Labute approximate surface area is 108 Å². The van der Waals surface area contributed by atoms with E-state index in [1.54, 1.807) is 6.08 Å². The first-order valence-corrected chi connectivity index (χ1v) is 5.64. The molecule has 0 N–H and O–H groups in total. The van der Waals surface area contributed by atoms with Gasteiger partial charge in [0.2, 0.25) is 0 Å². The van der Waals surface area contributed by atoms with E-state index in [0.29, 0.717) is 0 Å². The van der Waals surface area contributed by atoms with Crippen LogP contribution in [-0.2, 0) is 9.53 Å². The van der Waals surface area contributed by atoms with Gasteiger partial charge >= 0.3 is 5.97 Å². The van der Waals surface area contributed by atoms with Crippen LogP contribution in [0.15, 0.2) is 72.8 Å². The molecular weight excluding hydrogens is 224 g/mol. The summed E-state index contributed by atoms with van der Waals surface area (Å²) >= 11 is 0. The normalized spacial score (nSPS) is 9.39. The van der Waals surface area contributed by atoms with Gasteiger partial charge in [0.05, 0.1) is 7.11 Å². The highest BCUT2D eigenvalue weighted by atomic mass is 16.5. The van der Waals surface area contributed by atoms with Crippen LogP contribution < -0.4 is 0 Å². The molecule has 2 rings (SSSR count). The van der Waals surface area contributed by atoms with Crippen molar-refractivity contribution >= 4 is 12.0 Å². The molecule has 0 aliphatic rings. The minimum Gasteiger partial charge on any atom is -0.466 e. The maximum atomic E-state index is 10.7. The molecule has 2 aromatic rings. The van der Waals surface area contributed by atoms with Gasteiger partial charge in [-0.2, -0.15) is 0 Å². The Kier molecular flexibility index (Phi) is 6.68. The fourth-order valence-electron chi connectivity index (χ4n) is 1.18. The zero-order valence-corrected chi connectivity index (χ0v) is 10.3. The molecule has 2 aromatic carbocycles. The molecule has 0 unspecified atom stereocenters. The molecule has 2 heteroatoms. The summed E-state index contributed by atoms with van der Waals surface area (Å²) in [6.45, 7) is 0. The van der Waals surface area contributed by atoms with Crippen LogP contribution in [0.3, 0.4) is 0 Å². The van der Waals surface area contributed by atoms with E-state index in [1.807, 2.05) is 66.7 Å². The molecule has 0 bridgehead atoms. The lowest BCUT2D eigenvalue weighted by atomic mass is 10.2. The average Bonchev–Trinajstić information content (AvgIpc) is 2.48. The Morgan fingerprint density at radius 1 is 0.889 bits per heavy atom. The van der Waals surface area contributed by atoms with Crippen LogP contribution in [0, 0.1) is 0 Å². The fraction of sp³-hybridized carbons (Fsp3) is 0.0625. The Bertz CT molecular complexity index is 434. The Hall–Kier alpha value is -2.35. The predicted molar refractivity (Wildman–Crippen MR) is 73.9 cm³/mol. The fourth-order valence-corrected chi connectivity index (χ4v) is 1.18. The van der Waals surface area contributed by atoms with Gasteiger partial charge in [-0.15, -0.1) is 0 Å². The summed E-state index contributed by atoms with van der Waals surface area (Å²) in [6.07, 6.45) is 3.11. The smallest absolute Gasteiger partial charge is 0.330 e. The topological polar surface area (TPSA) is 26.3 Å². The molecule has 18 heavy (non-hydrogen) atoms. The molecule has 2 nitrogen and oxygen atoms in total. The van der Waals surface area contributed by atoms with Crippen molar-refractivity contribution in [2.24, 2.45) is 0 Å². The van der Waals surface area contributed by atoms with E-state index in [9.17, 15) is 4.79 Å². The third kappa shape index (κ3) is 6.28. The lowest BCUT2D eigenvalue weighted by Gasteiger charge is -1.91. The maximum absolute atomic E-state index is 10.7. The lowest BCUT2D eigenvalue weighted by molar-refractivity contribution is -0.134. The van der Waals surface area contributed by atoms with Crippen molar-refractivity contribution in [3.63, 3.8) is 0 Å². The van der Waals surface area contributed by atoms with Crippen molar-refractivity contribution in [3.8, 4) is 0 Å². The summed E-state index contributed by atoms with van der Waals surface area (Å²) in [4.78, 5) is 10.7. The van der Waals surface area contributed by atoms with Crippen LogP contribution in [0.4, 0.5) is 0 Å². The van der Waals surface area contributed by atoms with E-state index in [2.05, 4.69) is 4.74 Å². The maximum Gasteiger partial charge on any atom is 0.330 e. The molecule has 0 aliphatic carbocycles. The van der Waals surface area contributed by atoms with E-state index in [4.69, 9.17) is 0 Å². The lowest BCUT2D eigenvalue weighted by Crippen LogP contribution is -1.92. The second-order valence-electron chi connectivity index (χ2n) is 3.42. The van der Waals surface area contributed by atoms with Crippen LogP contribution in [0.25, 0.3) is 6.08 Å². The number of benzene rings is 2. The highest BCUT2D eigenvalue weighted by Gasteiger charge is 1.89. The summed E-state index contributed by atoms with van der Waals surface area (Å²) in [5, 5.41) is 0. The molecule has 0 saturated carbocycles. The molecule has 92 valence electrons. The number of hydrogen-bond acceptors (Lipinski definition) is 2. The Morgan fingerprint density at radius 3 is 1.78 bits per heavy atom. The molecule has 0 saturated heterocycles. The second-order valence-corrected chi connectivity index (χ2v) is 3.42. The van der Waals surface area contributed by atoms with E-state index in [0.717, 1.165) is 5.56 Å². The quantitative estimate of drug-likeness (QED) is 0.592. The van der Waals surface area contributed by atoms with Gasteiger partial charge in [-0.05, 0) is 11.6 Å². The van der Waals surface area contributed by atoms with Gasteiger partial charge in [-0.1, -0.05) is 66.7 Å². The molecule has 0 spiro atoms. The minimum atomic E-state index is -0.334. The Balaban J connectivity index is 0.000000225. The standard InChI is InChI=1S/C10H10O2.C6H6/c1-12-10(11)8-7-9-5-3-2-4-6-9;1-2-4-6-5-3-1/h2-8H,1H3;1-6H/b8-7+;. The monoisotopic (exact) mass is 240 g/mol. The van der Waals surface area contributed by atoms with Gasteiger partial charge in [-0.25, -0.2) is 4.79 Å². The van der Waals surface area contributed by atoms with Gasteiger partial charge < -0.3 is 4.74 Å². The highest BCUT2D eigenvalue weighted by Crippen LogP contribution is 2.00. The van der Waals surface area contributed by atoms with E-state index in [-0.39, 0.29) is 5.97 Å². The number of methoxy groups -OCH3 is 1. The summed E-state index contributed by atoms with van der Waals surface area (Å²) in [6, 6.07) is 21.6. The first-order chi connectivity index (χ1) is 8.83. The number of hydrogen-bond donors (Lipinski definition) is 0. The molecular formula is C16H16O2. The first kappa shape index (κ1) is 13.7. The van der Waals surface area contributed by atoms with Crippen molar-refractivity contribution in [1.29, 1.82) is 0 Å². The molecule has 0 fully saturated rings. The van der Waals surface area contributed by atoms with Crippen molar-refractivity contribution in [2.45, 2.75) is 0 Å². The number of rotatable bonds is 2. The molecule has 0 atom stereocenters. The third-order valence-corrected chi connectivity index (χ3v) is 2.08. The summed E-state index contributed by atoms with van der Waals surface area (Å²) in [5.41, 5.74) is 0.989. The number of carbonyl (C=O) groups excluding carboxylic acids is 1. The van der Waals surface area contributed by atoms with Crippen molar-refractivity contribution < 1.29 is 9.53 Å². The zero-order valence-electron chi connectivity index (χ0n) is 10.3. The number of carbonyl (C=O) groups is 1. The summed E-state index contributed by atoms with van der Waals surface area (Å²) < 4.78 is 4.45. The van der Waals surface area contributed by atoms with Gasteiger partial charge in [0, 0.05) is 6.08 Å². The van der Waals surface area contributed by atoms with Gasteiger partial charge in [0.1, 0.15) is 0 Å². The summed E-state index contributed by atoms with van der Waals surface area (Å²) in [5.74, 6) is -0.334. The van der Waals surface area contributed by atoms with Crippen LogP contribution in [0.5, 0.6) is 0 Å². The SMILES string of the molecule is COC(=O)/C=C/c1ccccc1.c1ccccc1. The number of esters is 1. The zero-order chi connectivity index (χ0) is 13.1. The van der Waals surface area contributed by atoms with E-state index in [1.165, 1.54) is 13.2 Å². The molecule has 0 radical (unpaired) electrons. The molecule has 0 heterocycles. The minimum absolute atomic E-state index is 0.334. The summed E-state index contributed by atoms with van der Waals surface area (Å²) in [7, 11) is 1.36. The predicted octanol–water partition coefficient (Wildman–Crippen LogP) is 3.56. The van der Waals surface area contributed by atoms with Gasteiger partial charge in [-0.3, -0.25) is 0 Å². The first-order valence-electron chi connectivity index (χ1n) is 5.64. The molecule has 0 aliphatic heterocycles. The largest absolute Gasteiger partial charge is 0.466 e. The number of ether oxygens (including phenoxy) is 1. The van der Waals surface area contributed by atoms with E-state index >= 15 is 0 Å². The van der Waals surface area contributed by atoms with Gasteiger partial charge in [0.25, 0.3) is 0 Å². The molecule has 0 amide bonds. The van der Waals surface area contributed by atoms with Crippen molar-refractivity contribution in [1.82, 2.24) is 0 Å². The van der Waals surface area contributed by atoms with Crippen molar-refractivity contribution in [3.05, 3.63) is 78.4 Å². The van der Waals surface area contributed by atoms with Crippen LogP contribution >= 0.6 is 0 Å². The Morgan fingerprint density at radius 2 is 1.33 bits per heavy atom.